The van der Waals surface area contributed by atoms with Gasteiger partial charge in [0, 0.05) is 6.08 Å². The predicted octanol–water partition coefficient (Wildman–Crippen LogP) is 2.56. The molecule has 0 aromatic carbocycles. The molecule has 2 nitrogen and oxygen atoms in total. The summed E-state index contributed by atoms with van der Waals surface area (Å²) >= 11 is 0. The molecular formula is C10H12N2. The lowest BCUT2D eigenvalue weighted by atomic mass is 10.0. The van der Waals surface area contributed by atoms with E-state index in [2.05, 4.69) is 12.6 Å². The highest BCUT2D eigenvalue weighted by Crippen LogP contribution is 2.10. The monoisotopic (exact) mass is 160 g/mol. The Balaban J connectivity index is 3.61. The molecule has 0 saturated heterocycles. The maximum absolute atomic E-state index is 8.63. The van der Waals surface area contributed by atoms with Gasteiger partial charge in [-0.25, -0.2) is 0 Å². The molecule has 12 heavy (non-hydrogen) atoms. The standard InChI is InChI=1S/C10H12N2/c1-2-6-10(9-12)7-4-3-5-8-11/h2-3,5,10H,1,4,6-7H2. The fraction of sp³-hybridized carbons (Fsp3) is 0.400. The molecule has 0 heterocycles. The zero-order valence-corrected chi connectivity index (χ0v) is 7.03. The molecule has 0 bridgehead atoms. The quantitative estimate of drug-likeness (QED) is 0.458. The lowest BCUT2D eigenvalue weighted by Gasteiger charge is -2.01. The maximum atomic E-state index is 8.63. The van der Waals surface area contributed by atoms with Gasteiger partial charge in [-0.15, -0.1) is 6.58 Å². The first-order chi connectivity index (χ1) is 5.85. The average molecular weight is 160 g/mol. The summed E-state index contributed by atoms with van der Waals surface area (Å²) in [4.78, 5) is 0. The van der Waals surface area contributed by atoms with Crippen molar-refractivity contribution in [2.45, 2.75) is 19.3 Å². The van der Waals surface area contributed by atoms with Crippen molar-refractivity contribution in [3.63, 3.8) is 0 Å². The molecule has 0 rings (SSSR count). The predicted molar refractivity (Wildman–Crippen MR) is 47.9 cm³/mol. The molecule has 2 heteroatoms. The van der Waals surface area contributed by atoms with E-state index >= 15 is 0 Å². The molecule has 0 aromatic rings. The fourth-order valence-electron chi connectivity index (χ4n) is 0.870. The Morgan fingerprint density at radius 1 is 1.42 bits per heavy atom. The second kappa shape index (κ2) is 7.57. The molecule has 0 aromatic heterocycles. The summed E-state index contributed by atoms with van der Waals surface area (Å²) in [6.07, 6.45) is 7.31. The number of nitrogens with zero attached hydrogens (tertiary/aromatic N) is 2. The molecule has 62 valence electrons. The number of hydrogen-bond acceptors (Lipinski definition) is 2. The van der Waals surface area contributed by atoms with E-state index in [4.69, 9.17) is 10.5 Å². The Morgan fingerprint density at radius 2 is 2.17 bits per heavy atom. The van der Waals surface area contributed by atoms with Crippen molar-refractivity contribution in [1.29, 1.82) is 10.5 Å². The molecule has 0 fully saturated rings. The molecule has 0 saturated carbocycles. The third-order valence-corrected chi connectivity index (χ3v) is 1.51. The minimum Gasteiger partial charge on any atom is -0.198 e. The number of allylic oxidation sites excluding steroid dienone is 3. The van der Waals surface area contributed by atoms with E-state index in [9.17, 15) is 0 Å². The zero-order chi connectivity index (χ0) is 9.23. The van der Waals surface area contributed by atoms with E-state index in [1.165, 1.54) is 6.08 Å². The van der Waals surface area contributed by atoms with Gasteiger partial charge in [0.05, 0.1) is 18.1 Å². The van der Waals surface area contributed by atoms with Crippen LogP contribution in [0.3, 0.4) is 0 Å². The van der Waals surface area contributed by atoms with Gasteiger partial charge in [-0.1, -0.05) is 12.2 Å². The summed E-state index contributed by atoms with van der Waals surface area (Å²) in [5.74, 6) is 0.0471. The van der Waals surface area contributed by atoms with Gasteiger partial charge in [0.1, 0.15) is 0 Å². The van der Waals surface area contributed by atoms with Crippen LogP contribution in [0.2, 0.25) is 0 Å². The largest absolute Gasteiger partial charge is 0.198 e. The van der Waals surface area contributed by atoms with Gasteiger partial charge in [-0.3, -0.25) is 0 Å². The minimum absolute atomic E-state index is 0.0471. The van der Waals surface area contributed by atoms with Crippen molar-refractivity contribution in [1.82, 2.24) is 0 Å². The summed E-state index contributed by atoms with van der Waals surface area (Å²) in [5.41, 5.74) is 0. The first-order valence-corrected chi connectivity index (χ1v) is 3.90. The van der Waals surface area contributed by atoms with E-state index in [-0.39, 0.29) is 5.92 Å². The Hall–Kier alpha value is -1.54. The molecule has 0 aliphatic rings. The van der Waals surface area contributed by atoms with Gasteiger partial charge >= 0.3 is 0 Å². The van der Waals surface area contributed by atoms with E-state index in [1.54, 1.807) is 12.2 Å². The summed E-state index contributed by atoms with van der Waals surface area (Å²) < 4.78 is 0. The highest BCUT2D eigenvalue weighted by molar-refractivity contribution is 5.02. The number of hydrogen-bond donors (Lipinski definition) is 0. The van der Waals surface area contributed by atoms with Crippen molar-refractivity contribution < 1.29 is 0 Å². The van der Waals surface area contributed by atoms with Gasteiger partial charge < -0.3 is 0 Å². The number of nitriles is 2. The SMILES string of the molecule is C=CCC(C#N)CCC=CC#N. The Bertz CT molecular complexity index is 227. The first-order valence-electron chi connectivity index (χ1n) is 3.90. The second-order valence-electron chi connectivity index (χ2n) is 2.46. The molecule has 0 radical (unpaired) electrons. The summed E-state index contributed by atoms with van der Waals surface area (Å²) in [6, 6.07) is 4.10. The van der Waals surface area contributed by atoms with Crippen LogP contribution in [0, 0.1) is 28.6 Å². The lowest BCUT2D eigenvalue weighted by molar-refractivity contribution is 0.620. The van der Waals surface area contributed by atoms with Crippen LogP contribution < -0.4 is 0 Å². The summed E-state index contributed by atoms with van der Waals surface area (Å²) in [7, 11) is 0. The van der Waals surface area contributed by atoms with Crippen LogP contribution in [0.4, 0.5) is 0 Å². The first kappa shape index (κ1) is 10.5. The molecule has 0 amide bonds. The van der Waals surface area contributed by atoms with Crippen LogP contribution in [0.25, 0.3) is 0 Å². The van der Waals surface area contributed by atoms with Crippen molar-refractivity contribution in [3.05, 3.63) is 24.8 Å². The summed E-state index contributed by atoms with van der Waals surface area (Å²) in [5, 5.41) is 16.8. The van der Waals surface area contributed by atoms with Gasteiger partial charge in [-0.05, 0) is 19.3 Å². The topological polar surface area (TPSA) is 47.6 Å². The van der Waals surface area contributed by atoms with Gasteiger partial charge in [0.25, 0.3) is 0 Å². The van der Waals surface area contributed by atoms with Crippen LogP contribution >= 0.6 is 0 Å². The summed E-state index contributed by atoms with van der Waals surface area (Å²) in [6.45, 7) is 3.57. The van der Waals surface area contributed by atoms with Crippen molar-refractivity contribution in [2.24, 2.45) is 5.92 Å². The smallest absolute Gasteiger partial charge is 0.0908 e. The van der Waals surface area contributed by atoms with E-state index in [0.717, 1.165) is 19.3 Å². The van der Waals surface area contributed by atoms with Gasteiger partial charge in [0.15, 0.2) is 0 Å². The van der Waals surface area contributed by atoms with Gasteiger partial charge in [0.2, 0.25) is 0 Å². The van der Waals surface area contributed by atoms with E-state index < -0.39 is 0 Å². The molecular weight excluding hydrogens is 148 g/mol. The third-order valence-electron chi connectivity index (χ3n) is 1.51. The van der Waals surface area contributed by atoms with E-state index in [1.807, 2.05) is 6.07 Å². The van der Waals surface area contributed by atoms with Crippen LogP contribution in [0.5, 0.6) is 0 Å². The van der Waals surface area contributed by atoms with Gasteiger partial charge in [-0.2, -0.15) is 10.5 Å². The average Bonchev–Trinajstić information content (AvgIpc) is 2.10. The number of rotatable bonds is 5. The molecule has 1 unspecified atom stereocenters. The molecule has 0 aliphatic heterocycles. The van der Waals surface area contributed by atoms with E-state index in [0.29, 0.717) is 0 Å². The molecule has 1 atom stereocenters. The third kappa shape index (κ3) is 5.26. The Morgan fingerprint density at radius 3 is 2.67 bits per heavy atom. The van der Waals surface area contributed by atoms with Crippen molar-refractivity contribution >= 4 is 0 Å². The van der Waals surface area contributed by atoms with Crippen LogP contribution in [-0.4, -0.2) is 0 Å². The van der Waals surface area contributed by atoms with Crippen molar-refractivity contribution in [3.8, 4) is 12.1 Å². The Kier molecular flexibility index (Phi) is 6.59. The lowest BCUT2D eigenvalue weighted by Crippen LogP contribution is -1.93. The molecule has 0 aliphatic carbocycles. The second-order valence-corrected chi connectivity index (χ2v) is 2.46. The van der Waals surface area contributed by atoms with Crippen LogP contribution in [-0.2, 0) is 0 Å². The Labute approximate surface area is 73.4 Å². The highest BCUT2D eigenvalue weighted by atomic mass is 14.3. The maximum Gasteiger partial charge on any atom is 0.0908 e. The minimum atomic E-state index is 0.0471. The molecule has 0 N–H and O–H groups in total. The fourth-order valence-corrected chi connectivity index (χ4v) is 0.870. The zero-order valence-electron chi connectivity index (χ0n) is 7.03. The van der Waals surface area contributed by atoms with Crippen LogP contribution in [0.1, 0.15) is 19.3 Å². The van der Waals surface area contributed by atoms with Crippen molar-refractivity contribution in [2.75, 3.05) is 0 Å². The van der Waals surface area contributed by atoms with Crippen LogP contribution in [0.15, 0.2) is 24.8 Å². The highest BCUT2D eigenvalue weighted by Gasteiger charge is 2.02. The normalized spacial score (nSPS) is 11.8. The molecule has 0 spiro atoms.